The number of anilines is 1. The number of aliphatic hydroxyl groups excluding tert-OH is 1. The predicted molar refractivity (Wildman–Crippen MR) is 84.6 cm³/mol. The van der Waals surface area contributed by atoms with Crippen molar-refractivity contribution in [2.75, 3.05) is 11.9 Å². The molecule has 0 heterocycles. The largest absolute Gasteiger partial charge is 0.489 e. The molecule has 3 N–H and O–H groups in total. The van der Waals surface area contributed by atoms with Crippen molar-refractivity contribution in [2.24, 2.45) is 5.92 Å². The van der Waals surface area contributed by atoms with Gasteiger partial charge in [-0.2, -0.15) is 0 Å². The first kappa shape index (κ1) is 18.2. The minimum atomic E-state index is -0.464. The maximum Gasteiger partial charge on any atom is 0.319 e. The minimum Gasteiger partial charge on any atom is -0.489 e. The summed E-state index contributed by atoms with van der Waals surface area (Å²) >= 11 is 0. The van der Waals surface area contributed by atoms with E-state index in [1.54, 1.807) is 0 Å². The molecular formula is C16H25FN2O3. The molecule has 22 heavy (non-hydrogen) atoms. The number of urea groups is 1. The average molecular weight is 312 g/mol. The number of benzene rings is 1. The van der Waals surface area contributed by atoms with E-state index in [0.29, 0.717) is 18.7 Å². The van der Waals surface area contributed by atoms with Crippen molar-refractivity contribution in [3.05, 3.63) is 24.0 Å². The summed E-state index contributed by atoms with van der Waals surface area (Å²) in [5.41, 5.74) is 0.274. The summed E-state index contributed by atoms with van der Waals surface area (Å²) in [4.78, 5) is 11.8. The molecule has 0 saturated carbocycles. The Bertz CT molecular complexity index is 492. The molecule has 0 fully saturated rings. The molecule has 0 spiro atoms. The number of nitrogens with one attached hydrogen (secondary N) is 2. The highest BCUT2D eigenvalue weighted by Crippen LogP contribution is 2.26. The molecule has 0 radical (unpaired) electrons. The zero-order valence-corrected chi connectivity index (χ0v) is 13.5. The number of ether oxygens (including phenoxy) is 1. The lowest BCUT2D eigenvalue weighted by Crippen LogP contribution is -2.32. The van der Waals surface area contributed by atoms with Gasteiger partial charge in [-0.1, -0.05) is 13.8 Å². The predicted octanol–water partition coefficient (Wildman–Crippen LogP) is 3.14. The van der Waals surface area contributed by atoms with E-state index in [0.717, 1.165) is 0 Å². The van der Waals surface area contributed by atoms with Crippen LogP contribution in [0.4, 0.5) is 14.9 Å². The van der Waals surface area contributed by atoms with Crippen LogP contribution in [0, 0.1) is 11.7 Å². The first-order valence-corrected chi connectivity index (χ1v) is 7.48. The standard InChI is InChI=1S/C16H25FN2O3/c1-10(2)14(20)7-8-18-16(21)19-13-9-12(17)5-6-15(13)22-11(3)4/h5-6,9-11,14,20H,7-8H2,1-4H3,(H2,18,19,21). The third-order valence-corrected chi connectivity index (χ3v) is 3.05. The molecule has 0 bridgehead atoms. The van der Waals surface area contributed by atoms with E-state index in [2.05, 4.69) is 10.6 Å². The van der Waals surface area contributed by atoms with Crippen molar-refractivity contribution < 1.29 is 19.0 Å². The molecule has 1 rings (SSSR count). The summed E-state index contributed by atoms with van der Waals surface area (Å²) in [6.45, 7) is 7.85. The van der Waals surface area contributed by atoms with Gasteiger partial charge in [0.2, 0.25) is 0 Å². The number of amides is 2. The summed E-state index contributed by atoms with van der Waals surface area (Å²) in [7, 11) is 0. The number of halogens is 1. The van der Waals surface area contributed by atoms with E-state index >= 15 is 0 Å². The Kier molecular flexibility index (Phi) is 7.11. The lowest BCUT2D eigenvalue weighted by atomic mass is 10.0. The molecule has 124 valence electrons. The van der Waals surface area contributed by atoms with Crippen molar-refractivity contribution in [3.8, 4) is 5.75 Å². The van der Waals surface area contributed by atoms with Crippen molar-refractivity contribution in [1.82, 2.24) is 5.32 Å². The Morgan fingerprint density at radius 1 is 1.32 bits per heavy atom. The van der Waals surface area contributed by atoms with Crippen LogP contribution in [0.1, 0.15) is 34.1 Å². The number of hydrogen-bond donors (Lipinski definition) is 3. The van der Waals surface area contributed by atoms with E-state index in [1.807, 2.05) is 27.7 Å². The quantitative estimate of drug-likeness (QED) is 0.724. The number of carbonyl (C=O) groups excluding carboxylic acids is 1. The van der Waals surface area contributed by atoms with Gasteiger partial charge in [0, 0.05) is 12.6 Å². The molecule has 0 aliphatic carbocycles. The first-order chi connectivity index (χ1) is 10.3. The van der Waals surface area contributed by atoms with Crippen LogP contribution in [-0.4, -0.2) is 29.9 Å². The van der Waals surface area contributed by atoms with Crippen molar-refractivity contribution in [1.29, 1.82) is 0 Å². The zero-order valence-electron chi connectivity index (χ0n) is 13.5. The SMILES string of the molecule is CC(C)Oc1ccc(F)cc1NC(=O)NCCC(O)C(C)C. The van der Waals surface area contributed by atoms with Gasteiger partial charge in [0.15, 0.2) is 0 Å². The van der Waals surface area contributed by atoms with Crippen LogP contribution in [0.2, 0.25) is 0 Å². The van der Waals surface area contributed by atoms with E-state index in [9.17, 15) is 14.3 Å². The van der Waals surface area contributed by atoms with Crippen LogP contribution in [0.25, 0.3) is 0 Å². The minimum absolute atomic E-state index is 0.0877. The molecule has 0 aromatic heterocycles. The van der Waals surface area contributed by atoms with Gasteiger partial charge < -0.3 is 20.5 Å². The fourth-order valence-electron chi connectivity index (χ4n) is 1.79. The molecule has 0 saturated heterocycles. The van der Waals surface area contributed by atoms with Crippen LogP contribution < -0.4 is 15.4 Å². The third kappa shape index (κ3) is 6.30. The van der Waals surface area contributed by atoms with Crippen LogP contribution in [0.5, 0.6) is 5.75 Å². The van der Waals surface area contributed by atoms with Crippen molar-refractivity contribution >= 4 is 11.7 Å². The van der Waals surface area contributed by atoms with Crippen molar-refractivity contribution in [3.63, 3.8) is 0 Å². The zero-order chi connectivity index (χ0) is 16.7. The summed E-state index contributed by atoms with van der Waals surface area (Å²) in [6, 6.07) is 3.50. The molecule has 1 unspecified atom stereocenters. The maximum atomic E-state index is 13.3. The van der Waals surface area contributed by atoms with Gasteiger partial charge >= 0.3 is 6.03 Å². The van der Waals surface area contributed by atoms with E-state index in [1.165, 1.54) is 18.2 Å². The third-order valence-electron chi connectivity index (χ3n) is 3.05. The van der Waals surface area contributed by atoms with Gasteiger partial charge in [0.1, 0.15) is 11.6 Å². The molecule has 1 atom stereocenters. The molecule has 2 amide bonds. The van der Waals surface area contributed by atoms with E-state index in [-0.39, 0.29) is 17.7 Å². The second-order valence-corrected chi connectivity index (χ2v) is 5.79. The number of rotatable bonds is 7. The molecule has 1 aromatic rings. The second kappa shape index (κ2) is 8.58. The molecule has 0 aliphatic heterocycles. The van der Waals surface area contributed by atoms with Gasteiger partial charge in [-0.3, -0.25) is 0 Å². The summed E-state index contributed by atoms with van der Waals surface area (Å²) in [5, 5.41) is 14.9. The van der Waals surface area contributed by atoms with Gasteiger partial charge in [-0.25, -0.2) is 9.18 Å². The molecular weight excluding hydrogens is 287 g/mol. The number of aliphatic hydroxyl groups is 1. The first-order valence-electron chi connectivity index (χ1n) is 7.48. The Hall–Kier alpha value is -1.82. The average Bonchev–Trinajstić information content (AvgIpc) is 2.41. The Balaban J connectivity index is 2.58. The highest BCUT2D eigenvalue weighted by atomic mass is 19.1. The normalized spacial score (nSPS) is 12.4. The number of hydrogen-bond acceptors (Lipinski definition) is 3. The lowest BCUT2D eigenvalue weighted by Gasteiger charge is -2.17. The summed E-state index contributed by atoms with van der Waals surface area (Å²) < 4.78 is 18.8. The second-order valence-electron chi connectivity index (χ2n) is 5.79. The maximum absolute atomic E-state index is 13.3. The van der Waals surface area contributed by atoms with Crippen LogP contribution in [-0.2, 0) is 0 Å². The summed E-state index contributed by atoms with van der Waals surface area (Å²) in [6.07, 6.45) is -0.0894. The Labute approximate surface area is 130 Å². The topological polar surface area (TPSA) is 70.6 Å². The van der Waals surface area contributed by atoms with Gasteiger partial charge in [0.05, 0.1) is 17.9 Å². The van der Waals surface area contributed by atoms with E-state index < -0.39 is 18.0 Å². The number of carbonyl (C=O) groups is 1. The Morgan fingerprint density at radius 2 is 2.00 bits per heavy atom. The van der Waals surface area contributed by atoms with E-state index in [4.69, 9.17) is 4.74 Å². The highest BCUT2D eigenvalue weighted by molar-refractivity contribution is 5.90. The fraction of sp³-hybridized carbons (Fsp3) is 0.562. The smallest absolute Gasteiger partial charge is 0.319 e. The molecule has 0 aliphatic rings. The molecule has 1 aromatic carbocycles. The van der Waals surface area contributed by atoms with Crippen LogP contribution in [0.15, 0.2) is 18.2 Å². The lowest BCUT2D eigenvalue weighted by molar-refractivity contribution is 0.117. The van der Waals surface area contributed by atoms with Crippen LogP contribution in [0.3, 0.4) is 0 Å². The van der Waals surface area contributed by atoms with Gasteiger partial charge in [0.25, 0.3) is 0 Å². The molecule has 5 nitrogen and oxygen atoms in total. The van der Waals surface area contributed by atoms with Crippen LogP contribution >= 0.6 is 0 Å². The highest BCUT2D eigenvalue weighted by Gasteiger charge is 2.12. The van der Waals surface area contributed by atoms with Gasteiger partial charge in [-0.15, -0.1) is 0 Å². The molecule has 6 heteroatoms. The summed E-state index contributed by atoms with van der Waals surface area (Å²) in [5.74, 6) is 0.0922. The van der Waals surface area contributed by atoms with Crippen molar-refractivity contribution in [2.45, 2.75) is 46.3 Å². The monoisotopic (exact) mass is 312 g/mol. The fourth-order valence-corrected chi connectivity index (χ4v) is 1.79. The Morgan fingerprint density at radius 3 is 2.59 bits per heavy atom. The van der Waals surface area contributed by atoms with Gasteiger partial charge in [-0.05, 0) is 38.3 Å².